The summed E-state index contributed by atoms with van der Waals surface area (Å²) in [7, 11) is 0. The Kier molecular flexibility index (Phi) is 7.88. The third kappa shape index (κ3) is 5.74. The molecule has 2 aliphatic carbocycles. The van der Waals surface area contributed by atoms with E-state index in [-0.39, 0.29) is 0 Å². The third-order valence-electron chi connectivity index (χ3n) is 6.20. The van der Waals surface area contributed by atoms with Crippen LogP contribution in [-0.4, -0.2) is 47.6 Å². The van der Waals surface area contributed by atoms with Gasteiger partial charge in [-0.15, -0.1) is 0 Å². The summed E-state index contributed by atoms with van der Waals surface area (Å²) in [5.41, 5.74) is 0. The SMILES string of the molecule is CC.CC1CCC(CN2CCC(N(C(C)C)C3CC3)CC2)CC1. The Bertz CT molecular complexity index is 306. The van der Waals surface area contributed by atoms with Crippen molar-refractivity contribution < 1.29 is 0 Å². The standard InChI is InChI=1S/C19H36N2.C2H6/c1-15(2)21(18-8-9-18)19-10-12-20(13-11-19)14-17-6-4-16(3)5-7-17;1-2/h15-19H,4-14H2,1-3H3;1-2H3. The van der Waals surface area contributed by atoms with Gasteiger partial charge in [-0.3, -0.25) is 4.90 Å². The number of rotatable bonds is 5. The van der Waals surface area contributed by atoms with Crippen LogP contribution in [0.2, 0.25) is 0 Å². The molecule has 0 bridgehead atoms. The summed E-state index contributed by atoms with van der Waals surface area (Å²) in [6.45, 7) is 15.3. The van der Waals surface area contributed by atoms with Gasteiger partial charge in [0, 0.05) is 24.7 Å². The Morgan fingerprint density at radius 2 is 1.35 bits per heavy atom. The second-order valence-corrected chi connectivity index (χ2v) is 8.43. The predicted molar refractivity (Wildman–Crippen MR) is 102 cm³/mol. The summed E-state index contributed by atoms with van der Waals surface area (Å²) in [4.78, 5) is 5.63. The Balaban J connectivity index is 0.000000924. The van der Waals surface area contributed by atoms with E-state index < -0.39 is 0 Å². The zero-order chi connectivity index (χ0) is 16.8. The van der Waals surface area contributed by atoms with Gasteiger partial charge in [-0.2, -0.15) is 0 Å². The molecule has 0 amide bonds. The highest BCUT2D eigenvalue weighted by Gasteiger charge is 2.37. The Hall–Kier alpha value is -0.0800. The molecule has 2 heteroatoms. The van der Waals surface area contributed by atoms with Crippen LogP contribution in [0.25, 0.3) is 0 Å². The van der Waals surface area contributed by atoms with Crippen molar-refractivity contribution in [2.45, 2.75) is 104 Å². The number of likely N-dealkylation sites (tertiary alicyclic amines) is 1. The Morgan fingerprint density at radius 1 is 0.826 bits per heavy atom. The van der Waals surface area contributed by atoms with E-state index in [1.165, 1.54) is 71.0 Å². The Morgan fingerprint density at radius 3 is 1.83 bits per heavy atom. The van der Waals surface area contributed by atoms with E-state index in [1.807, 2.05) is 13.8 Å². The highest BCUT2D eigenvalue weighted by atomic mass is 15.3. The van der Waals surface area contributed by atoms with Gasteiger partial charge in [-0.05, 0) is 77.3 Å². The fourth-order valence-corrected chi connectivity index (χ4v) is 4.79. The fourth-order valence-electron chi connectivity index (χ4n) is 4.79. The highest BCUT2D eigenvalue weighted by Crippen LogP contribution is 2.34. The lowest BCUT2D eigenvalue weighted by Crippen LogP contribution is -2.49. The molecular formula is C21H42N2. The topological polar surface area (TPSA) is 6.48 Å². The lowest BCUT2D eigenvalue weighted by atomic mass is 9.82. The number of hydrogen-bond acceptors (Lipinski definition) is 2. The molecule has 2 saturated carbocycles. The van der Waals surface area contributed by atoms with Gasteiger partial charge in [-0.25, -0.2) is 0 Å². The average Bonchev–Trinajstić information content (AvgIpc) is 3.38. The highest BCUT2D eigenvalue weighted by molar-refractivity contribution is 4.92. The smallest absolute Gasteiger partial charge is 0.0125 e. The minimum atomic E-state index is 0.744. The maximum Gasteiger partial charge on any atom is 0.0125 e. The van der Waals surface area contributed by atoms with E-state index in [2.05, 4.69) is 30.6 Å². The van der Waals surface area contributed by atoms with Crippen molar-refractivity contribution in [3.05, 3.63) is 0 Å². The van der Waals surface area contributed by atoms with Crippen molar-refractivity contribution in [1.82, 2.24) is 9.80 Å². The monoisotopic (exact) mass is 322 g/mol. The van der Waals surface area contributed by atoms with E-state index in [9.17, 15) is 0 Å². The van der Waals surface area contributed by atoms with Crippen LogP contribution >= 0.6 is 0 Å². The van der Waals surface area contributed by atoms with Crippen LogP contribution < -0.4 is 0 Å². The van der Waals surface area contributed by atoms with Gasteiger partial charge in [0.25, 0.3) is 0 Å². The molecule has 0 aromatic carbocycles. The van der Waals surface area contributed by atoms with E-state index in [1.54, 1.807) is 0 Å². The summed E-state index contributed by atoms with van der Waals surface area (Å²) in [6, 6.07) is 2.55. The molecule has 3 fully saturated rings. The molecule has 0 unspecified atom stereocenters. The largest absolute Gasteiger partial charge is 0.303 e. The number of hydrogen-bond donors (Lipinski definition) is 0. The molecule has 0 aromatic rings. The van der Waals surface area contributed by atoms with Crippen LogP contribution in [0.3, 0.4) is 0 Å². The molecule has 136 valence electrons. The summed E-state index contributed by atoms with van der Waals surface area (Å²) >= 11 is 0. The molecular weight excluding hydrogens is 280 g/mol. The molecule has 3 rings (SSSR count). The van der Waals surface area contributed by atoms with Crippen LogP contribution in [0.4, 0.5) is 0 Å². The van der Waals surface area contributed by atoms with Crippen molar-refractivity contribution in [2.24, 2.45) is 11.8 Å². The van der Waals surface area contributed by atoms with E-state index in [0.29, 0.717) is 0 Å². The van der Waals surface area contributed by atoms with Crippen LogP contribution in [0, 0.1) is 11.8 Å². The van der Waals surface area contributed by atoms with Crippen LogP contribution in [0.15, 0.2) is 0 Å². The zero-order valence-corrected chi connectivity index (χ0v) is 16.6. The normalized spacial score (nSPS) is 30.4. The number of nitrogens with zero attached hydrogens (tertiary/aromatic N) is 2. The lowest BCUT2D eigenvalue weighted by molar-refractivity contribution is 0.0674. The summed E-state index contributed by atoms with van der Waals surface area (Å²) < 4.78 is 0. The second-order valence-electron chi connectivity index (χ2n) is 8.43. The van der Waals surface area contributed by atoms with Gasteiger partial charge >= 0.3 is 0 Å². The molecule has 0 radical (unpaired) electrons. The first-order valence-electron chi connectivity index (χ1n) is 10.6. The first kappa shape index (κ1) is 19.2. The minimum Gasteiger partial charge on any atom is -0.303 e. The molecule has 0 aromatic heterocycles. The van der Waals surface area contributed by atoms with Crippen LogP contribution in [0.5, 0.6) is 0 Å². The van der Waals surface area contributed by atoms with E-state index >= 15 is 0 Å². The summed E-state index contributed by atoms with van der Waals surface area (Å²) in [5, 5.41) is 0. The van der Waals surface area contributed by atoms with Crippen molar-refractivity contribution in [2.75, 3.05) is 19.6 Å². The average molecular weight is 323 g/mol. The first-order valence-corrected chi connectivity index (χ1v) is 10.6. The molecule has 23 heavy (non-hydrogen) atoms. The summed E-state index contributed by atoms with van der Waals surface area (Å²) in [6.07, 6.45) is 11.7. The molecule has 2 nitrogen and oxygen atoms in total. The maximum absolute atomic E-state index is 2.85. The molecule has 0 N–H and O–H groups in total. The van der Waals surface area contributed by atoms with Gasteiger partial charge in [-0.1, -0.05) is 33.6 Å². The van der Waals surface area contributed by atoms with Crippen molar-refractivity contribution in [3.8, 4) is 0 Å². The van der Waals surface area contributed by atoms with Gasteiger partial charge in [0.1, 0.15) is 0 Å². The van der Waals surface area contributed by atoms with Crippen LogP contribution in [-0.2, 0) is 0 Å². The predicted octanol–water partition coefficient (Wildman–Crippen LogP) is 5.18. The fraction of sp³-hybridized carbons (Fsp3) is 1.00. The van der Waals surface area contributed by atoms with Gasteiger partial charge in [0.15, 0.2) is 0 Å². The Labute approximate surface area is 146 Å². The molecule has 1 saturated heterocycles. The molecule has 0 atom stereocenters. The third-order valence-corrected chi connectivity index (χ3v) is 6.20. The van der Waals surface area contributed by atoms with Crippen molar-refractivity contribution >= 4 is 0 Å². The minimum absolute atomic E-state index is 0.744. The quantitative estimate of drug-likeness (QED) is 0.688. The molecule has 3 aliphatic rings. The van der Waals surface area contributed by atoms with Gasteiger partial charge in [0.05, 0.1) is 0 Å². The van der Waals surface area contributed by atoms with E-state index in [4.69, 9.17) is 0 Å². The van der Waals surface area contributed by atoms with Crippen molar-refractivity contribution in [1.29, 1.82) is 0 Å². The van der Waals surface area contributed by atoms with Gasteiger partial charge in [0.2, 0.25) is 0 Å². The molecule has 0 spiro atoms. The van der Waals surface area contributed by atoms with Gasteiger partial charge < -0.3 is 4.90 Å². The second kappa shape index (κ2) is 9.42. The molecule has 1 heterocycles. The first-order chi connectivity index (χ1) is 11.1. The zero-order valence-electron chi connectivity index (χ0n) is 16.6. The lowest BCUT2D eigenvalue weighted by Gasteiger charge is -2.42. The number of piperidine rings is 1. The van der Waals surface area contributed by atoms with E-state index in [0.717, 1.165) is 30.0 Å². The molecule has 1 aliphatic heterocycles. The maximum atomic E-state index is 2.85. The van der Waals surface area contributed by atoms with Crippen molar-refractivity contribution in [3.63, 3.8) is 0 Å². The summed E-state index contributed by atoms with van der Waals surface area (Å²) in [5.74, 6) is 1.99. The van der Waals surface area contributed by atoms with Crippen LogP contribution in [0.1, 0.15) is 86.0 Å².